The fraction of sp³-hybridized carbons (Fsp3) is 0.400. The molecule has 0 aliphatic carbocycles. The van der Waals surface area contributed by atoms with Gasteiger partial charge in [0.2, 0.25) is 0 Å². The summed E-state index contributed by atoms with van der Waals surface area (Å²) >= 11 is 0. The summed E-state index contributed by atoms with van der Waals surface area (Å²) in [6.07, 6.45) is 2.05. The molecule has 4 heteroatoms. The van der Waals surface area contributed by atoms with Crippen molar-refractivity contribution in [2.75, 3.05) is 13.2 Å². The third kappa shape index (κ3) is 4.15. The predicted molar refractivity (Wildman–Crippen MR) is 95.8 cm³/mol. The maximum Gasteiger partial charge on any atom is 0.119 e. The topological polar surface area (TPSA) is 53.5 Å². The highest BCUT2D eigenvalue weighted by atomic mass is 16.5. The van der Waals surface area contributed by atoms with E-state index in [0.717, 1.165) is 25.2 Å². The zero-order valence-corrected chi connectivity index (χ0v) is 14.1. The number of aliphatic hydroxyl groups is 1. The molecule has 1 saturated heterocycles. The highest BCUT2D eigenvalue weighted by Crippen LogP contribution is 2.29. The molecule has 1 fully saturated rings. The lowest BCUT2D eigenvalue weighted by Gasteiger charge is -2.17. The maximum absolute atomic E-state index is 9.33. The summed E-state index contributed by atoms with van der Waals surface area (Å²) in [4.78, 5) is 0. The monoisotopic (exact) mass is 326 g/mol. The third-order valence-corrected chi connectivity index (χ3v) is 4.74. The SMILES string of the molecule is CC1C(CO)NNC1c1ccc(OCCCc2ccccc2)cc1. The van der Waals surface area contributed by atoms with E-state index in [4.69, 9.17) is 4.74 Å². The summed E-state index contributed by atoms with van der Waals surface area (Å²) in [5.41, 5.74) is 8.97. The average Bonchev–Trinajstić information content (AvgIpc) is 3.01. The molecule has 0 bridgehead atoms. The van der Waals surface area contributed by atoms with Crippen LogP contribution in [-0.4, -0.2) is 24.4 Å². The number of rotatable bonds is 7. The van der Waals surface area contributed by atoms with Crippen molar-refractivity contribution in [1.29, 1.82) is 0 Å². The van der Waals surface area contributed by atoms with E-state index in [-0.39, 0.29) is 18.7 Å². The summed E-state index contributed by atoms with van der Waals surface area (Å²) in [5.74, 6) is 1.25. The van der Waals surface area contributed by atoms with Crippen molar-refractivity contribution in [3.05, 3.63) is 65.7 Å². The van der Waals surface area contributed by atoms with Gasteiger partial charge in [-0.05, 0) is 42.0 Å². The van der Waals surface area contributed by atoms with Crippen molar-refractivity contribution in [2.24, 2.45) is 5.92 Å². The van der Waals surface area contributed by atoms with Gasteiger partial charge in [-0.15, -0.1) is 0 Å². The molecule has 2 aromatic carbocycles. The molecule has 128 valence electrons. The molecule has 3 N–H and O–H groups in total. The minimum absolute atomic E-state index is 0.101. The minimum atomic E-state index is 0.101. The summed E-state index contributed by atoms with van der Waals surface area (Å²) in [6, 6.07) is 19.1. The Morgan fingerprint density at radius 2 is 1.75 bits per heavy atom. The molecule has 0 radical (unpaired) electrons. The number of benzene rings is 2. The van der Waals surface area contributed by atoms with E-state index < -0.39 is 0 Å². The second-order valence-corrected chi connectivity index (χ2v) is 6.42. The van der Waals surface area contributed by atoms with Crippen LogP contribution in [0.2, 0.25) is 0 Å². The van der Waals surface area contributed by atoms with Gasteiger partial charge >= 0.3 is 0 Å². The van der Waals surface area contributed by atoms with Gasteiger partial charge in [-0.3, -0.25) is 5.43 Å². The van der Waals surface area contributed by atoms with Gasteiger partial charge in [0.25, 0.3) is 0 Å². The molecule has 0 spiro atoms. The van der Waals surface area contributed by atoms with E-state index in [2.05, 4.69) is 54.2 Å². The van der Waals surface area contributed by atoms with Crippen molar-refractivity contribution in [2.45, 2.75) is 31.8 Å². The first-order valence-corrected chi connectivity index (χ1v) is 8.66. The zero-order valence-electron chi connectivity index (χ0n) is 14.1. The highest BCUT2D eigenvalue weighted by molar-refractivity contribution is 5.30. The van der Waals surface area contributed by atoms with Gasteiger partial charge in [0, 0.05) is 6.04 Å². The first-order chi connectivity index (χ1) is 11.8. The molecule has 1 aliphatic heterocycles. The number of hydrogen-bond donors (Lipinski definition) is 3. The first kappa shape index (κ1) is 17.0. The van der Waals surface area contributed by atoms with Gasteiger partial charge in [-0.1, -0.05) is 49.4 Å². The molecular formula is C20H26N2O2. The second-order valence-electron chi connectivity index (χ2n) is 6.42. The quantitative estimate of drug-likeness (QED) is 0.685. The Labute approximate surface area is 143 Å². The molecule has 0 aromatic heterocycles. The largest absolute Gasteiger partial charge is 0.494 e. The summed E-state index contributed by atoms with van der Waals surface area (Å²) < 4.78 is 5.84. The summed E-state index contributed by atoms with van der Waals surface area (Å²) in [6.45, 7) is 3.01. The van der Waals surface area contributed by atoms with Gasteiger partial charge in [-0.2, -0.15) is 0 Å². The lowest BCUT2D eigenvalue weighted by molar-refractivity contribution is 0.228. The van der Waals surface area contributed by atoms with Crippen LogP contribution < -0.4 is 15.6 Å². The Bertz CT molecular complexity index is 615. The van der Waals surface area contributed by atoms with Gasteiger partial charge in [0.05, 0.1) is 19.3 Å². The van der Waals surface area contributed by atoms with E-state index in [1.54, 1.807) is 0 Å². The second kappa shape index (κ2) is 8.29. The van der Waals surface area contributed by atoms with Crippen LogP contribution in [0.5, 0.6) is 5.75 Å². The molecule has 1 aliphatic rings. The molecule has 3 rings (SSSR count). The average molecular weight is 326 g/mol. The first-order valence-electron chi connectivity index (χ1n) is 8.66. The Kier molecular flexibility index (Phi) is 5.86. The number of nitrogens with one attached hydrogen (secondary N) is 2. The number of ether oxygens (including phenoxy) is 1. The standard InChI is InChI=1S/C20H26N2O2/c1-15-19(14-23)21-22-20(15)17-9-11-18(12-10-17)24-13-5-8-16-6-3-2-4-7-16/h2-4,6-7,9-12,15,19-23H,5,8,13-14H2,1H3. The Morgan fingerprint density at radius 3 is 2.42 bits per heavy atom. The van der Waals surface area contributed by atoms with Gasteiger partial charge in [-0.25, -0.2) is 5.43 Å². The number of hydrogen-bond acceptors (Lipinski definition) is 4. The van der Waals surface area contributed by atoms with Crippen LogP contribution >= 0.6 is 0 Å². The number of aryl methyl sites for hydroxylation is 1. The highest BCUT2D eigenvalue weighted by Gasteiger charge is 2.32. The normalized spacial score (nSPS) is 23.3. The van der Waals surface area contributed by atoms with Crippen LogP contribution in [-0.2, 0) is 6.42 Å². The Morgan fingerprint density at radius 1 is 1.00 bits per heavy atom. The fourth-order valence-corrected chi connectivity index (χ4v) is 3.17. The van der Waals surface area contributed by atoms with Gasteiger partial charge < -0.3 is 9.84 Å². The van der Waals surface area contributed by atoms with Crippen LogP contribution in [0.25, 0.3) is 0 Å². The molecular weight excluding hydrogens is 300 g/mol. The minimum Gasteiger partial charge on any atom is -0.494 e. The third-order valence-electron chi connectivity index (χ3n) is 4.74. The van der Waals surface area contributed by atoms with Crippen molar-refractivity contribution in [1.82, 2.24) is 10.9 Å². The molecule has 2 aromatic rings. The maximum atomic E-state index is 9.33. The number of aliphatic hydroxyl groups excluding tert-OH is 1. The molecule has 0 amide bonds. The van der Waals surface area contributed by atoms with Crippen LogP contribution in [0.4, 0.5) is 0 Å². The zero-order chi connectivity index (χ0) is 16.8. The van der Waals surface area contributed by atoms with Crippen molar-refractivity contribution < 1.29 is 9.84 Å². The fourth-order valence-electron chi connectivity index (χ4n) is 3.17. The number of hydrazine groups is 1. The molecule has 4 nitrogen and oxygen atoms in total. The smallest absolute Gasteiger partial charge is 0.119 e. The molecule has 0 saturated carbocycles. The van der Waals surface area contributed by atoms with Crippen LogP contribution in [0.1, 0.15) is 30.5 Å². The van der Waals surface area contributed by atoms with Crippen molar-refractivity contribution in [3.8, 4) is 5.75 Å². The molecule has 1 heterocycles. The van der Waals surface area contributed by atoms with E-state index in [1.165, 1.54) is 11.1 Å². The summed E-state index contributed by atoms with van der Waals surface area (Å²) in [5, 5.41) is 9.33. The lowest BCUT2D eigenvalue weighted by Crippen LogP contribution is -2.34. The van der Waals surface area contributed by atoms with Crippen LogP contribution in [0.15, 0.2) is 54.6 Å². The Balaban J connectivity index is 1.46. The van der Waals surface area contributed by atoms with E-state index in [0.29, 0.717) is 5.92 Å². The van der Waals surface area contributed by atoms with E-state index in [9.17, 15) is 5.11 Å². The van der Waals surface area contributed by atoms with Crippen molar-refractivity contribution >= 4 is 0 Å². The summed E-state index contributed by atoms with van der Waals surface area (Å²) in [7, 11) is 0. The van der Waals surface area contributed by atoms with E-state index in [1.807, 2.05) is 18.2 Å². The Hall–Kier alpha value is -1.88. The molecule has 24 heavy (non-hydrogen) atoms. The predicted octanol–water partition coefficient (Wildman–Crippen LogP) is 2.84. The molecule has 3 atom stereocenters. The van der Waals surface area contributed by atoms with Crippen LogP contribution in [0, 0.1) is 5.92 Å². The van der Waals surface area contributed by atoms with Crippen LogP contribution in [0.3, 0.4) is 0 Å². The van der Waals surface area contributed by atoms with E-state index >= 15 is 0 Å². The van der Waals surface area contributed by atoms with Gasteiger partial charge in [0.1, 0.15) is 5.75 Å². The van der Waals surface area contributed by atoms with Crippen molar-refractivity contribution in [3.63, 3.8) is 0 Å². The lowest BCUT2D eigenvalue weighted by atomic mass is 9.91. The molecule has 3 unspecified atom stereocenters. The van der Waals surface area contributed by atoms with Gasteiger partial charge in [0.15, 0.2) is 0 Å².